The van der Waals surface area contributed by atoms with Crippen LogP contribution in [0, 0.1) is 5.82 Å². The van der Waals surface area contributed by atoms with Gasteiger partial charge < -0.3 is 19.5 Å². The van der Waals surface area contributed by atoms with Crippen LogP contribution in [0.4, 0.5) is 4.39 Å². The van der Waals surface area contributed by atoms with Crippen LogP contribution in [0.25, 0.3) is 0 Å². The van der Waals surface area contributed by atoms with Gasteiger partial charge in [-0.2, -0.15) is 0 Å². The Bertz CT molecular complexity index is 1090. The predicted octanol–water partition coefficient (Wildman–Crippen LogP) is 2.57. The van der Waals surface area contributed by atoms with Crippen molar-refractivity contribution < 1.29 is 36.6 Å². The average molecular weight is 465 g/mol. The van der Waals surface area contributed by atoms with Crippen LogP contribution in [0.15, 0.2) is 47.4 Å². The lowest BCUT2D eigenvalue weighted by atomic mass is 10.1. The van der Waals surface area contributed by atoms with Gasteiger partial charge in [0.1, 0.15) is 19.0 Å². The molecule has 0 saturated carbocycles. The first-order valence-electron chi connectivity index (χ1n) is 10.0. The summed E-state index contributed by atoms with van der Waals surface area (Å²) in [5, 5.41) is 2.67. The Labute approximate surface area is 185 Å². The van der Waals surface area contributed by atoms with Gasteiger partial charge in [0.05, 0.1) is 23.1 Å². The number of hydrogen-bond acceptors (Lipinski definition) is 7. The highest BCUT2D eigenvalue weighted by Crippen LogP contribution is 2.32. The summed E-state index contributed by atoms with van der Waals surface area (Å²) >= 11 is 0. The van der Waals surface area contributed by atoms with E-state index in [-0.39, 0.29) is 10.7 Å². The van der Waals surface area contributed by atoms with Gasteiger partial charge in [-0.15, -0.1) is 0 Å². The summed E-state index contributed by atoms with van der Waals surface area (Å²) < 4.78 is 54.0. The fraction of sp³-hybridized carbons (Fsp3) is 0.364. The molecular formula is C22H24FNO7S. The number of fused-ring (bicyclic) bond motifs is 1. The molecule has 2 aromatic rings. The van der Waals surface area contributed by atoms with Gasteiger partial charge in [-0.1, -0.05) is 12.1 Å². The summed E-state index contributed by atoms with van der Waals surface area (Å²) in [6, 6.07) is 9.48. The highest BCUT2D eigenvalue weighted by Gasteiger charge is 2.24. The molecule has 10 heteroatoms. The summed E-state index contributed by atoms with van der Waals surface area (Å²) in [4.78, 5) is 24.4. The number of benzene rings is 2. The van der Waals surface area contributed by atoms with E-state index >= 15 is 0 Å². The quantitative estimate of drug-likeness (QED) is 0.597. The van der Waals surface area contributed by atoms with E-state index in [4.69, 9.17) is 14.2 Å². The van der Waals surface area contributed by atoms with E-state index in [9.17, 15) is 22.4 Å². The van der Waals surface area contributed by atoms with Crippen molar-refractivity contribution in [1.82, 2.24) is 5.32 Å². The normalized spacial score (nSPS) is 14.8. The van der Waals surface area contributed by atoms with E-state index in [1.807, 2.05) is 0 Å². The van der Waals surface area contributed by atoms with Crippen molar-refractivity contribution in [2.24, 2.45) is 0 Å². The fourth-order valence-corrected chi connectivity index (χ4v) is 4.26. The van der Waals surface area contributed by atoms with Crippen LogP contribution in [-0.4, -0.2) is 45.4 Å². The molecule has 0 aromatic heterocycles. The molecule has 2 aromatic carbocycles. The Hall–Kier alpha value is -3.14. The summed E-state index contributed by atoms with van der Waals surface area (Å²) in [7, 11) is -3.77. The third-order valence-corrected chi connectivity index (χ3v) is 6.57. The first kappa shape index (κ1) is 23.5. The second kappa shape index (κ2) is 9.99. The SMILES string of the molecule is CC(OC(=O)CCS(=O)(=O)c1ccc2c(c1)OCCO2)C(=O)NC(C)c1ccc(F)cc1. The van der Waals surface area contributed by atoms with Gasteiger partial charge >= 0.3 is 5.97 Å². The molecule has 3 rings (SSSR count). The zero-order valence-electron chi connectivity index (χ0n) is 17.7. The Kier molecular flexibility index (Phi) is 7.34. The van der Waals surface area contributed by atoms with Crippen molar-refractivity contribution >= 4 is 21.7 Å². The maximum atomic E-state index is 13.0. The van der Waals surface area contributed by atoms with Crippen molar-refractivity contribution in [3.63, 3.8) is 0 Å². The second-order valence-corrected chi connectivity index (χ2v) is 9.40. The van der Waals surface area contributed by atoms with E-state index in [0.29, 0.717) is 30.3 Å². The van der Waals surface area contributed by atoms with Crippen LogP contribution in [0.3, 0.4) is 0 Å². The Balaban J connectivity index is 1.51. The third kappa shape index (κ3) is 5.97. The van der Waals surface area contributed by atoms with Crippen molar-refractivity contribution in [2.45, 2.75) is 37.3 Å². The molecule has 2 atom stereocenters. The minimum absolute atomic E-state index is 0.00784. The van der Waals surface area contributed by atoms with Crippen molar-refractivity contribution in [3.8, 4) is 11.5 Å². The van der Waals surface area contributed by atoms with E-state index in [1.54, 1.807) is 19.1 Å². The van der Waals surface area contributed by atoms with Crippen LogP contribution in [0.2, 0.25) is 0 Å². The topological polar surface area (TPSA) is 108 Å². The molecule has 0 saturated heterocycles. The number of amides is 1. The second-order valence-electron chi connectivity index (χ2n) is 7.29. The molecule has 32 heavy (non-hydrogen) atoms. The zero-order chi connectivity index (χ0) is 23.3. The Morgan fingerprint density at radius 2 is 1.72 bits per heavy atom. The monoisotopic (exact) mass is 465 g/mol. The molecule has 8 nitrogen and oxygen atoms in total. The first-order chi connectivity index (χ1) is 15.2. The molecule has 0 fully saturated rings. The largest absolute Gasteiger partial charge is 0.486 e. The van der Waals surface area contributed by atoms with Gasteiger partial charge in [-0.3, -0.25) is 9.59 Å². The lowest BCUT2D eigenvalue weighted by molar-refractivity contribution is -0.154. The maximum absolute atomic E-state index is 13.0. The Morgan fingerprint density at radius 3 is 2.41 bits per heavy atom. The van der Waals surface area contributed by atoms with Gasteiger partial charge in [0.2, 0.25) is 0 Å². The number of carbonyl (C=O) groups is 2. The molecule has 1 aliphatic heterocycles. The minimum atomic E-state index is -3.77. The number of sulfone groups is 1. The smallest absolute Gasteiger partial charge is 0.307 e. The van der Waals surface area contributed by atoms with Crippen LogP contribution < -0.4 is 14.8 Å². The highest BCUT2D eigenvalue weighted by atomic mass is 32.2. The van der Waals surface area contributed by atoms with Crippen LogP contribution in [-0.2, 0) is 24.2 Å². The number of hydrogen-bond donors (Lipinski definition) is 1. The summed E-state index contributed by atoms with van der Waals surface area (Å²) in [5.74, 6) is -1.44. The minimum Gasteiger partial charge on any atom is -0.486 e. The maximum Gasteiger partial charge on any atom is 0.307 e. The highest BCUT2D eigenvalue weighted by molar-refractivity contribution is 7.91. The molecule has 0 aliphatic carbocycles. The fourth-order valence-electron chi connectivity index (χ4n) is 3.03. The molecule has 0 radical (unpaired) electrons. The molecule has 1 aliphatic rings. The lowest BCUT2D eigenvalue weighted by Gasteiger charge is -2.19. The summed E-state index contributed by atoms with van der Waals surface area (Å²) in [5.41, 5.74) is 0.684. The molecule has 1 amide bonds. The standard InChI is InChI=1S/C22H24FNO7S/c1-14(16-3-5-17(23)6-4-16)24-22(26)15(2)31-21(25)9-12-32(27,28)18-7-8-19-20(13-18)30-11-10-29-19/h3-8,13-15H,9-12H2,1-2H3,(H,24,26). The number of rotatable bonds is 8. The lowest BCUT2D eigenvalue weighted by Crippen LogP contribution is -2.37. The molecule has 2 unspecified atom stereocenters. The molecule has 0 spiro atoms. The molecular weight excluding hydrogens is 441 g/mol. The number of carbonyl (C=O) groups excluding carboxylic acids is 2. The summed E-state index contributed by atoms with van der Waals surface area (Å²) in [6.07, 6.45) is -1.54. The molecule has 1 heterocycles. The van der Waals surface area contributed by atoms with Gasteiger partial charge in [0.25, 0.3) is 5.91 Å². The zero-order valence-corrected chi connectivity index (χ0v) is 18.5. The van der Waals surface area contributed by atoms with Gasteiger partial charge in [-0.05, 0) is 43.7 Å². The van der Waals surface area contributed by atoms with E-state index in [0.717, 1.165) is 0 Å². The van der Waals surface area contributed by atoms with E-state index < -0.39 is 46.0 Å². The average Bonchev–Trinajstić information content (AvgIpc) is 2.77. The van der Waals surface area contributed by atoms with Crippen LogP contribution in [0.5, 0.6) is 11.5 Å². The Morgan fingerprint density at radius 1 is 1.06 bits per heavy atom. The molecule has 172 valence electrons. The van der Waals surface area contributed by atoms with Crippen LogP contribution >= 0.6 is 0 Å². The third-order valence-electron chi connectivity index (χ3n) is 4.85. The summed E-state index contributed by atoms with van der Waals surface area (Å²) in [6.45, 7) is 3.81. The number of ether oxygens (including phenoxy) is 3. The molecule has 1 N–H and O–H groups in total. The van der Waals surface area contributed by atoms with Crippen molar-refractivity contribution in [3.05, 3.63) is 53.8 Å². The number of halogens is 1. The first-order valence-corrected chi connectivity index (χ1v) is 11.7. The van der Waals surface area contributed by atoms with Gasteiger partial charge in [-0.25, -0.2) is 12.8 Å². The van der Waals surface area contributed by atoms with Crippen LogP contribution in [0.1, 0.15) is 31.9 Å². The van der Waals surface area contributed by atoms with Gasteiger partial charge in [0.15, 0.2) is 27.4 Å². The van der Waals surface area contributed by atoms with E-state index in [2.05, 4.69) is 5.32 Å². The molecule has 0 bridgehead atoms. The van der Waals surface area contributed by atoms with Crippen molar-refractivity contribution in [1.29, 1.82) is 0 Å². The number of esters is 1. The van der Waals surface area contributed by atoms with Crippen molar-refractivity contribution in [2.75, 3.05) is 19.0 Å². The number of nitrogens with one attached hydrogen (secondary N) is 1. The van der Waals surface area contributed by atoms with E-state index in [1.165, 1.54) is 37.3 Å². The van der Waals surface area contributed by atoms with Gasteiger partial charge in [0, 0.05) is 6.07 Å². The predicted molar refractivity (Wildman–Crippen MR) is 113 cm³/mol.